The maximum atomic E-state index is 10.2. The van der Waals surface area contributed by atoms with E-state index in [1.165, 1.54) is 0 Å². The highest BCUT2D eigenvalue weighted by Crippen LogP contribution is 2.26. The van der Waals surface area contributed by atoms with E-state index in [0.29, 0.717) is 6.42 Å². The van der Waals surface area contributed by atoms with Crippen LogP contribution in [0.5, 0.6) is 0 Å². The SMILES string of the molecule is Cc1nn(C)c(CC(O)c2ccc(Br)cc2)c1Br. The zero-order valence-corrected chi connectivity index (χ0v) is 13.4. The lowest BCUT2D eigenvalue weighted by Gasteiger charge is -2.11. The number of nitrogens with zero attached hydrogens (tertiary/aromatic N) is 2. The average molecular weight is 374 g/mol. The minimum absolute atomic E-state index is 0.524. The second-order valence-corrected chi connectivity index (χ2v) is 5.95. The molecule has 1 heterocycles. The van der Waals surface area contributed by atoms with Gasteiger partial charge in [-0.2, -0.15) is 5.10 Å². The minimum Gasteiger partial charge on any atom is -0.388 e. The quantitative estimate of drug-likeness (QED) is 0.893. The van der Waals surface area contributed by atoms with Gasteiger partial charge in [-0.25, -0.2) is 0 Å². The molecule has 0 spiro atoms. The minimum atomic E-state index is -0.524. The van der Waals surface area contributed by atoms with Crippen LogP contribution in [0.2, 0.25) is 0 Å². The Morgan fingerprint density at radius 2 is 1.89 bits per heavy atom. The molecule has 0 fully saturated rings. The molecule has 0 amide bonds. The summed E-state index contributed by atoms with van der Waals surface area (Å²) in [5, 5.41) is 14.6. The van der Waals surface area contributed by atoms with Crippen molar-refractivity contribution < 1.29 is 5.11 Å². The molecular weight excluding hydrogens is 360 g/mol. The fraction of sp³-hybridized carbons (Fsp3) is 0.308. The summed E-state index contributed by atoms with van der Waals surface area (Å²) < 4.78 is 3.79. The molecule has 1 N–H and O–H groups in total. The van der Waals surface area contributed by atoms with E-state index in [2.05, 4.69) is 37.0 Å². The lowest BCUT2D eigenvalue weighted by atomic mass is 10.0. The monoisotopic (exact) mass is 372 g/mol. The number of halogens is 2. The summed E-state index contributed by atoms with van der Waals surface area (Å²) in [5.41, 5.74) is 2.85. The van der Waals surface area contributed by atoms with E-state index in [1.807, 2.05) is 42.9 Å². The molecule has 0 aliphatic rings. The number of aliphatic hydroxyl groups is 1. The third kappa shape index (κ3) is 2.84. The van der Waals surface area contributed by atoms with Crippen molar-refractivity contribution in [3.63, 3.8) is 0 Å². The first kappa shape index (κ1) is 13.8. The van der Waals surface area contributed by atoms with Crippen molar-refractivity contribution in [1.29, 1.82) is 0 Å². The fourth-order valence-electron chi connectivity index (χ4n) is 1.89. The van der Waals surface area contributed by atoms with Crippen LogP contribution in [0.4, 0.5) is 0 Å². The van der Waals surface area contributed by atoms with Crippen LogP contribution < -0.4 is 0 Å². The van der Waals surface area contributed by atoms with Gasteiger partial charge in [0.2, 0.25) is 0 Å². The zero-order valence-electron chi connectivity index (χ0n) is 10.2. The Hall–Kier alpha value is -0.650. The van der Waals surface area contributed by atoms with Crippen LogP contribution in [-0.2, 0) is 13.5 Å². The number of aromatic nitrogens is 2. The first-order chi connectivity index (χ1) is 8.49. The molecule has 1 aromatic carbocycles. The number of rotatable bonds is 3. The van der Waals surface area contributed by atoms with Gasteiger partial charge in [-0.3, -0.25) is 4.68 Å². The van der Waals surface area contributed by atoms with Crippen molar-refractivity contribution >= 4 is 31.9 Å². The van der Waals surface area contributed by atoms with Gasteiger partial charge < -0.3 is 5.11 Å². The number of benzene rings is 1. The lowest BCUT2D eigenvalue weighted by Crippen LogP contribution is -2.06. The number of aryl methyl sites for hydroxylation is 2. The summed E-state index contributed by atoms with van der Waals surface area (Å²) in [5.74, 6) is 0. The Balaban J connectivity index is 2.21. The predicted molar refractivity (Wildman–Crippen MR) is 78.5 cm³/mol. The van der Waals surface area contributed by atoms with Crippen molar-refractivity contribution in [2.75, 3.05) is 0 Å². The summed E-state index contributed by atoms with van der Waals surface area (Å²) in [6, 6.07) is 7.71. The first-order valence-electron chi connectivity index (χ1n) is 5.60. The highest BCUT2D eigenvalue weighted by Gasteiger charge is 2.16. The Morgan fingerprint density at radius 3 is 2.39 bits per heavy atom. The second-order valence-electron chi connectivity index (χ2n) is 4.24. The van der Waals surface area contributed by atoms with Gasteiger partial charge in [-0.05, 0) is 40.5 Å². The molecule has 0 saturated carbocycles. The molecule has 96 valence electrons. The summed E-state index contributed by atoms with van der Waals surface area (Å²) >= 11 is 6.90. The second kappa shape index (κ2) is 5.55. The fourth-order valence-corrected chi connectivity index (χ4v) is 2.65. The maximum absolute atomic E-state index is 10.2. The molecule has 1 aromatic heterocycles. The number of hydrogen-bond donors (Lipinski definition) is 1. The molecule has 0 aliphatic carbocycles. The third-order valence-corrected chi connectivity index (χ3v) is 4.46. The van der Waals surface area contributed by atoms with Crippen LogP contribution in [0.1, 0.15) is 23.1 Å². The summed E-state index contributed by atoms with van der Waals surface area (Å²) in [6.45, 7) is 1.94. The van der Waals surface area contributed by atoms with E-state index in [0.717, 1.165) is 25.9 Å². The molecule has 3 nitrogen and oxygen atoms in total. The molecule has 0 bridgehead atoms. The molecule has 2 aromatic rings. The van der Waals surface area contributed by atoms with Crippen LogP contribution in [0, 0.1) is 6.92 Å². The van der Waals surface area contributed by atoms with Crippen molar-refractivity contribution in [2.45, 2.75) is 19.4 Å². The van der Waals surface area contributed by atoms with Crippen molar-refractivity contribution in [2.24, 2.45) is 7.05 Å². The predicted octanol–water partition coefficient (Wildman–Crippen LogP) is 3.53. The van der Waals surface area contributed by atoms with E-state index in [9.17, 15) is 5.11 Å². The summed E-state index contributed by atoms with van der Waals surface area (Å²) in [6.07, 6.45) is 0.0173. The van der Waals surface area contributed by atoms with E-state index in [4.69, 9.17) is 0 Å². The Morgan fingerprint density at radius 1 is 1.28 bits per heavy atom. The van der Waals surface area contributed by atoms with Gasteiger partial charge in [-0.15, -0.1) is 0 Å². The van der Waals surface area contributed by atoms with Crippen LogP contribution in [0.25, 0.3) is 0 Å². The van der Waals surface area contributed by atoms with E-state index < -0.39 is 6.10 Å². The van der Waals surface area contributed by atoms with Crippen LogP contribution in [-0.4, -0.2) is 14.9 Å². The third-order valence-electron chi connectivity index (χ3n) is 2.90. The van der Waals surface area contributed by atoms with Crippen molar-refractivity contribution in [1.82, 2.24) is 9.78 Å². The van der Waals surface area contributed by atoms with Crippen LogP contribution in [0.15, 0.2) is 33.2 Å². The van der Waals surface area contributed by atoms with Gasteiger partial charge in [0.15, 0.2) is 0 Å². The molecular formula is C13H14Br2N2O. The van der Waals surface area contributed by atoms with E-state index >= 15 is 0 Å². The zero-order chi connectivity index (χ0) is 13.3. The number of hydrogen-bond acceptors (Lipinski definition) is 2. The van der Waals surface area contributed by atoms with E-state index in [1.54, 1.807) is 0 Å². The smallest absolute Gasteiger partial charge is 0.0845 e. The molecule has 5 heteroatoms. The average Bonchev–Trinajstić information content (AvgIpc) is 2.57. The van der Waals surface area contributed by atoms with Crippen molar-refractivity contribution in [3.05, 3.63) is 50.2 Å². The van der Waals surface area contributed by atoms with Gasteiger partial charge in [0.05, 0.1) is 22.0 Å². The van der Waals surface area contributed by atoms with Gasteiger partial charge in [0.25, 0.3) is 0 Å². The molecule has 0 aliphatic heterocycles. The topological polar surface area (TPSA) is 38.0 Å². The highest BCUT2D eigenvalue weighted by atomic mass is 79.9. The van der Waals surface area contributed by atoms with Crippen LogP contribution >= 0.6 is 31.9 Å². The molecule has 18 heavy (non-hydrogen) atoms. The summed E-state index contributed by atoms with van der Waals surface area (Å²) in [4.78, 5) is 0. The standard InChI is InChI=1S/C13H14Br2N2O/c1-8-13(15)11(17(2)16-8)7-12(18)9-3-5-10(14)6-4-9/h3-6,12,18H,7H2,1-2H3. The van der Waals surface area contributed by atoms with Gasteiger partial charge in [0.1, 0.15) is 0 Å². The molecule has 1 unspecified atom stereocenters. The normalized spacial score (nSPS) is 12.7. The Bertz CT molecular complexity index is 549. The van der Waals surface area contributed by atoms with Crippen molar-refractivity contribution in [3.8, 4) is 0 Å². The molecule has 0 radical (unpaired) electrons. The highest BCUT2D eigenvalue weighted by molar-refractivity contribution is 9.10. The molecule has 0 saturated heterocycles. The van der Waals surface area contributed by atoms with Gasteiger partial charge in [-0.1, -0.05) is 28.1 Å². The molecule has 2 rings (SSSR count). The first-order valence-corrected chi connectivity index (χ1v) is 7.19. The largest absolute Gasteiger partial charge is 0.388 e. The Labute approximate surface area is 123 Å². The number of aliphatic hydroxyl groups excluding tert-OH is 1. The lowest BCUT2D eigenvalue weighted by molar-refractivity contribution is 0.175. The van der Waals surface area contributed by atoms with Crippen LogP contribution in [0.3, 0.4) is 0 Å². The molecule has 1 atom stereocenters. The van der Waals surface area contributed by atoms with E-state index in [-0.39, 0.29) is 0 Å². The van der Waals surface area contributed by atoms with Gasteiger partial charge in [0, 0.05) is 17.9 Å². The Kier molecular flexibility index (Phi) is 4.25. The van der Waals surface area contributed by atoms with Gasteiger partial charge >= 0.3 is 0 Å². The maximum Gasteiger partial charge on any atom is 0.0845 e. The summed E-state index contributed by atoms with van der Waals surface area (Å²) in [7, 11) is 1.89.